The predicted octanol–water partition coefficient (Wildman–Crippen LogP) is 1.90. The summed E-state index contributed by atoms with van der Waals surface area (Å²) < 4.78 is 0. The van der Waals surface area contributed by atoms with Gasteiger partial charge in [0.2, 0.25) is 0 Å². The molecule has 5 heteroatoms. The largest absolute Gasteiger partial charge is 0.508 e. The number of nitrogens with two attached hydrogens (primary N) is 2. The van der Waals surface area contributed by atoms with Gasteiger partial charge in [0, 0.05) is 22.9 Å². The predicted molar refractivity (Wildman–Crippen MR) is 68.0 cm³/mol. The van der Waals surface area contributed by atoms with Crippen molar-refractivity contribution in [1.82, 2.24) is 4.98 Å². The second-order valence-corrected chi connectivity index (χ2v) is 4.04. The highest BCUT2D eigenvalue weighted by atomic mass is 16.3. The Hall–Kier alpha value is -2.56. The number of hydrogen-bond donors (Lipinski definition) is 5. The van der Waals surface area contributed by atoms with Gasteiger partial charge in [-0.2, -0.15) is 0 Å². The first-order valence-corrected chi connectivity index (χ1v) is 5.08. The van der Waals surface area contributed by atoms with E-state index in [0.717, 1.165) is 10.8 Å². The molecule has 86 valence electrons. The van der Waals surface area contributed by atoms with Crippen LogP contribution >= 0.6 is 0 Å². The SMILES string of the molecule is Nc1cc(O)cc2c1[nH]c1c(N)cc(O)cc12. The van der Waals surface area contributed by atoms with Crippen LogP contribution in [0, 0.1) is 0 Å². The lowest BCUT2D eigenvalue weighted by Crippen LogP contribution is -1.86. The first-order valence-electron chi connectivity index (χ1n) is 5.08. The van der Waals surface area contributed by atoms with E-state index in [-0.39, 0.29) is 11.5 Å². The fourth-order valence-electron chi connectivity index (χ4n) is 2.13. The summed E-state index contributed by atoms with van der Waals surface area (Å²) in [5.74, 6) is 0.163. The van der Waals surface area contributed by atoms with Crippen LogP contribution in [0.3, 0.4) is 0 Å². The second-order valence-electron chi connectivity index (χ2n) is 4.04. The van der Waals surface area contributed by atoms with Gasteiger partial charge in [-0.3, -0.25) is 0 Å². The van der Waals surface area contributed by atoms with Gasteiger partial charge in [-0.25, -0.2) is 0 Å². The summed E-state index contributed by atoms with van der Waals surface area (Å²) in [6, 6.07) is 6.11. The normalized spacial score (nSPS) is 11.3. The molecule has 2 aromatic carbocycles. The van der Waals surface area contributed by atoms with Gasteiger partial charge >= 0.3 is 0 Å². The van der Waals surface area contributed by atoms with Crippen LogP contribution in [-0.4, -0.2) is 15.2 Å². The van der Waals surface area contributed by atoms with Crippen molar-refractivity contribution in [3.05, 3.63) is 24.3 Å². The van der Waals surface area contributed by atoms with E-state index in [1.807, 2.05) is 0 Å². The van der Waals surface area contributed by atoms with E-state index in [0.29, 0.717) is 22.4 Å². The van der Waals surface area contributed by atoms with Crippen molar-refractivity contribution >= 4 is 33.2 Å². The van der Waals surface area contributed by atoms with Crippen molar-refractivity contribution in [2.24, 2.45) is 0 Å². The summed E-state index contributed by atoms with van der Waals surface area (Å²) in [5, 5.41) is 20.6. The molecular formula is C12H11N3O2. The summed E-state index contributed by atoms with van der Waals surface area (Å²) in [5.41, 5.74) is 13.9. The van der Waals surface area contributed by atoms with Crippen molar-refractivity contribution in [1.29, 1.82) is 0 Å². The van der Waals surface area contributed by atoms with E-state index in [4.69, 9.17) is 11.5 Å². The molecule has 17 heavy (non-hydrogen) atoms. The van der Waals surface area contributed by atoms with Gasteiger partial charge < -0.3 is 26.7 Å². The number of phenols is 2. The summed E-state index contributed by atoms with van der Waals surface area (Å²) in [6.45, 7) is 0. The minimum absolute atomic E-state index is 0.0813. The summed E-state index contributed by atoms with van der Waals surface area (Å²) in [6.07, 6.45) is 0. The van der Waals surface area contributed by atoms with Crippen molar-refractivity contribution in [3.8, 4) is 11.5 Å². The van der Waals surface area contributed by atoms with Crippen molar-refractivity contribution in [2.45, 2.75) is 0 Å². The molecule has 0 saturated heterocycles. The van der Waals surface area contributed by atoms with Crippen molar-refractivity contribution < 1.29 is 10.2 Å². The van der Waals surface area contributed by atoms with Crippen LogP contribution in [0.2, 0.25) is 0 Å². The molecular weight excluding hydrogens is 218 g/mol. The van der Waals surface area contributed by atoms with Crippen molar-refractivity contribution in [3.63, 3.8) is 0 Å². The fraction of sp³-hybridized carbons (Fsp3) is 0. The summed E-state index contributed by atoms with van der Waals surface area (Å²) in [4.78, 5) is 3.10. The zero-order valence-corrected chi connectivity index (χ0v) is 8.86. The average Bonchev–Trinajstić information content (AvgIpc) is 2.58. The van der Waals surface area contributed by atoms with E-state index in [1.54, 1.807) is 12.1 Å². The van der Waals surface area contributed by atoms with Gasteiger partial charge in [0.25, 0.3) is 0 Å². The number of nitrogens with one attached hydrogen (secondary N) is 1. The highest BCUT2D eigenvalue weighted by Gasteiger charge is 2.11. The monoisotopic (exact) mass is 229 g/mol. The molecule has 0 spiro atoms. The van der Waals surface area contributed by atoms with E-state index in [1.165, 1.54) is 12.1 Å². The smallest absolute Gasteiger partial charge is 0.118 e. The Morgan fingerprint density at radius 1 is 0.765 bits per heavy atom. The minimum Gasteiger partial charge on any atom is -0.508 e. The Labute approximate surface area is 96.3 Å². The van der Waals surface area contributed by atoms with E-state index in [9.17, 15) is 10.2 Å². The number of H-pyrrole nitrogens is 1. The Morgan fingerprint density at radius 2 is 1.18 bits per heavy atom. The maximum absolute atomic E-state index is 9.54. The zero-order valence-electron chi connectivity index (χ0n) is 8.86. The molecule has 3 aromatic rings. The quantitative estimate of drug-likeness (QED) is 0.379. The van der Waals surface area contributed by atoms with Crippen LogP contribution in [0.25, 0.3) is 21.8 Å². The number of phenolic OH excluding ortho intramolecular Hbond substituents is 2. The standard InChI is InChI=1S/C12H11N3O2/c13-9-3-5(16)1-7-8-2-6(17)4-10(14)12(8)15-11(7)9/h1-4,15-17H,13-14H2. The maximum Gasteiger partial charge on any atom is 0.118 e. The first kappa shape index (κ1) is 9.65. The first-order chi connectivity index (χ1) is 8.06. The molecule has 0 atom stereocenters. The molecule has 0 amide bonds. The van der Waals surface area contributed by atoms with Gasteiger partial charge in [0.05, 0.1) is 22.4 Å². The Balaban J connectivity index is 2.60. The number of anilines is 2. The minimum atomic E-state index is 0.0813. The molecule has 5 nitrogen and oxygen atoms in total. The van der Waals surface area contributed by atoms with Gasteiger partial charge in [-0.1, -0.05) is 0 Å². The number of benzene rings is 2. The van der Waals surface area contributed by atoms with Gasteiger partial charge in [0.1, 0.15) is 11.5 Å². The Bertz CT molecular complexity index is 684. The van der Waals surface area contributed by atoms with Crippen LogP contribution < -0.4 is 11.5 Å². The van der Waals surface area contributed by atoms with E-state index >= 15 is 0 Å². The van der Waals surface area contributed by atoms with Gasteiger partial charge in [-0.05, 0) is 12.1 Å². The molecule has 1 heterocycles. The lowest BCUT2D eigenvalue weighted by Gasteiger charge is -1.98. The number of nitrogen functional groups attached to an aromatic ring is 2. The van der Waals surface area contributed by atoms with Crippen LogP contribution in [-0.2, 0) is 0 Å². The number of aromatic amines is 1. The highest BCUT2D eigenvalue weighted by Crippen LogP contribution is 2.36. The molecule has 0 saturated carbocycles. The van der Waals surface area contributed by atoms with Crippen molar-refractivity contribution in [2.75, 3.05) is 11.5 Å². The number of aromatic nitrogens is 1. The Kier molecular flexibility index (Phi) is 1.69. The molecule has 7 N–H and O–H groups in total. The summed E-state index contributed by atoms with van der Waals surface area (Å²) in [7, 11) is 0. The molecule has 0 radical (unpaired) electrons. The summed E-state index contributed by atoms with van der Waals surface area (Å²) >= 11 is 0. The third kappa shape index (κ3) is 1.25. The molecule has 1 aromatic heterocycles. The average molecular weight is 229 g/mol. The van der Waals surface area contributed by atoms with Crippen LogP contribution in [0.15, 0.2) is 24.3 Å². The third-order valence-electron chi connectivity index (χ3n) is 2.85. The van der Waals surface area contributed by atoms with Crippen LogP contribution in [0.5, 0.6) is 11.5 Å². The van der Waals surface area contributed by atoms with Gasteiger partial charge in [-0.15, -0.1) is 0 Å². The topological polar surface area (TPSA) is 108 Å². The Morgan fingerprint density at radius 3 is 1.59 bits per heavy atom. The number of fused-ring (bicyclic) bond motifs is 3. The van der Waals surface area contributed by atoms with E-state index < -0.39 is 0 Å². The fourth-order valence-corrected chi connectivity index (χ4v) is 2.13. The molecule has 0 bridgehead atoms. The lowest BCUT2D eigenvalue weighted by molar-refractivity contribution is 0.475. The number of hydrogen-bond acceptors (Lipinski definition) is 4. The molecule has 3 rings (SSSR count). The third-order valence-corrected chi connectivity index (χ3v) is 2.85. The molecule has 0 aliphatic carbocycles. The molecule has 0 aliphatic rings. The van der Waals surface area contributed by atoms with Gasteiger partial charge in [0.15, 0.2) is 0 Å². The zero-order chi connectivity index (χ0) is 12.2. The second kappa shape index (κ2) is 2.98. The lowest BCUT2D eigenvalue weighted by atomic mass is 10.1. The molecule has 0 unspecified atom stereocenters. The van der Waals surface area contributed by atoms with Crippen LogP contribution in [0.4, 0.5) is 11.4 Å². The molecule has 0 fully saturated rings. The molecule has 0 aliphatic heterocycles. The number of aromatic hydroxyl groups is 2. The maximum atomic E-state index is 9.54. The van der Waals surface area contributed by atoms with Crippen LogP contribution in [0.1, 0.15) is 0 Å². The van der Waals surface area contributed by atoms with E-state index in [2.05, 4.69) is 4.98 Å². The number of rotatable bonds is 0. The highest BCUT2D eigenvalue weighted by molar-refractivity contribution is 6.14.